The molecule has 0 bridgehead atoms. The molecule has 1 N–H and O–H groups in total. The van der Waals surface area contributed by atoms with Crippen LogP contribution in [0.2, 0.25) is 30.1 Å². The lowest BCUT2D eigenvalue weighted by Gasteiger charge is -2.06. The summed E-state index contributed by atoms with van der Waals surface area (Å²) < 4.78 is 0. The second-order valence-corrected chi connectivity index (χ2v) is 5.49. The molecule has 0 fully saturated rings. The third-order valence-electron chi connectivity index (χ3n) is 1.44. The molecule has 1 aromatic rings. The van der Waals surface area contributed by atoms with E-state index in [-0.39, 0.29) is 30.1 Å². The molecule has 0 saturated heterocycles. The van der Waals surface area contributed by atoms with E-state index in [1.54, 1.807) is 21.1 Å². The zero-order valence-corrected chi connectivity index (χ0v) is 15.6. The van der Waals surface area contributed by atoms with Gasteiger partial charge in [0, 0.05) is 21.1 Å². The SMILES string of the molecule is CN(C)N=O.CNC=O.Clc1c(Cl)c(Cl)c(Cl)c(Cl)c1Cl. The number of benzene rings is 1. The van der Waals surface area contributed by atoms with Gasteiger partial charge in [0.2, 0.25) is 6.41 Å². The van der Waals surface area contributed by atoms with Gasteiger partial charge in [0.1, 0.15) is 0 Å². The van der Waals surface area contributed by atoms with Crippen LogP contribution in [0.15, 0.2) is 5.29 Å². The van der Waals surface area contributed by atoms with Crippen LogP contribution in [0, 0.1) is 4.91 Å². The van der Waals surface area contributed by atoms with E-state index in [0.717, 1.165) is 0 Å². The topological polar surface area (TPSA) is 61.8 Å². The molecular formula is C10H11Cl6N3O2. The average Bonchev–Trinajstić information content (AvgIpc) is 2.49. The Morgan fingerprint density at radius 3 is 1.05 bits per heavy atom. The summed E-state index contributed by atoms with van der Waals surface area (Å²) in [5.74, 6) is 0. The van der Waals surface area contributed by atoms with E-state index in [1.165, 1.54) is 5.01 Å². The van der Waals surface area contributed by atoms with Crippen molar-refractivity contribution in [3.63, 3.8) is 0 Å². The Labute approximate surface area is 152 Å². The number of rotatable bonds is 2. The van der Waals surface area contributed by atoms with E-state index in [9.17, 15) is 4.91 Å². The van der Waals surface area contributed by atoms with E-state index >= 15 is 0 Å². The normalized spacial score (nSPS) is 8.62. The highest BCUT2D eigenvalue weighted by Gasteiger charge is 2.17. The summed E-state index contributed by atoms with van der Waals surface area (Å²) in [5, 5.41) is 6.57. The zero-order valence-electron chi connectivity index (χ0n) is 11.1. The monoisotopic (exact) mass is 415 g/mol. The van der Waals surface area contributed by atoms with Crippen LogP contribution in [0.3, 0.4) is 0 Å². The minimum Gasteiger partial charge on any atom is -0.362 e. The molecule has 5 nitrogen and oxygen atoms in total. The number of hydrogen-bond acceptors (Lipinski definition) is 3. The zero-order chi connectivity index (χ0) is 17.2. The summed E-state index contributed by atoms with van der Waals surface area (Å²) in [7, 11) is 4.72. The smallest absolute Gasteiger partial charge is 0.206 e. The predicted octanol–water partition coefficient (Wildman–Crippen LogP) is 5.20. The molecule has 0 aliphatic carbocycles. The van der Waals surface area contributed by atoms with Crippen LogP contribution >= 0.6 is 69.6 Å². The van der Waals surface area contributed by atoms with Gasteiger partial charge >= 0.3 is 0 Å². The van der Waals surface area contributed by atoms with Crippen molar-refractivity contribution in [1.82, 2.24) is 10.3 Å². The second-order valence-electron chi connectivity index (χ2n) is 3.22. The lowest BCUT2D eigenvalue weighted by atomic mass is 10.3. The van der Waals surface area contributed by atoms with Gasteiger partial charge in [0.05, 0.1) is 35.4 Å². The van der Waals surface area contributed by atoms with Gasteiger partial charge in [-0.1, -0.05) is 69.6 Å². The van der Waals surface area contributed by atoms with Gasteiger partial charge in [-0.05, 0) is 0 Å². The molecule has 1 aromatic carbocycles. The first kappa shape index (κ1) is 23.1. The molecule has 0 aromatic heterocycles. The van der Waals surface area contributed by atoms with Crippen LogP contribution in [0.5, 0.6) is 0 Å². The third-order valence-corrected chi connectivity index (χ3v) is 4.29. The lowest BCUT2D eigenvalue weighted by Crippen LogP contribution is -1.98. The molecule has 0 aliphatic rings. The summed E-state index contributed by atoms with van der Waals surface area (Å²) in [5.41, 5.74) is 0. The van der Waals surface area contributed by atoms with Gasteiger partial charge in [0.15, 0.2) is 0 Å². The van der Waals surface area contributed by atoms with Gasteiger partial charge in [0.25, 0.3) is 0 Å². The standard InChI is InChI=1S/C6Cl6.C2H6N2O.C2H5NO/c7-1-2(8)4(10)6(12)5(11)3(1)9;1-4(2)3-5;1-3-2-4/h;1-2H3;2H,1H3,(H,3,4). The van der Waals surface area contributed by atoms with E-state index in [4.69, 9.17) is 74.4 Å². The van der Waals surface area contributed by atoms with Crippen LogP contribution in [0.25, 0.3) is 0 Å². The Morgan fingerprint density at radius 2 is 1.00 bits per heavy atom. The number of nitrogens with zero attached hydrogens (tertiary/aromatic N) is 2. The van der Waals surface area contributed by atoms with E-state index in [2.05, 4.69) is 10.6 Å². The van der Waals surface area contributed by atoms with Crippen molar-refractivity contribution in [3.05, 3.63) is 35.0 Å². The highest BCUT2D eigenvalue weighted by molar-refractivity contribution is 6.59. The van der Waals surface area contributed by atoms with Crippen molar-refractivity contribution in [1.29, 1.82) is 0 Å². The quantitative estimate of drug-likeness (QED) is 0.236. The average molecular weight is 418 g/mol. The minimum atomic E-state index is 0.109. The van der Waals surface area contributed by atoms with Crippen LogP contribution in [0.4, 0.5) is 0 Å². The number of nitroso groups, excluding NO2 is 1. The molecule has 0 atom stereocenters. The first-order valence-corrected chi connectivity index (χ1v) is 7.20. The molecule has 0 aliphatic heterocycles. The highest BCUT2D eigenvalue weighted by atomic mass is 35.5. The predicted molar refractivity (Wildman–Crippen MR) is 91.1 cm³/mol. The summed E-state index contributed by atoms with van der Waals surface area (Å²) in [6.45, 7) is 0. The fraction of sp³-hybridized carbons (Fsp3) is 0.300. The molecular weight excluding hydrogens is 407 g/mol. The summed E-state index contributed by atoms with van der Waals surface area (Å²) >= 11 is 34.0. The van der Waals surface area contributed by atoms with Gasteiger partial charge in [-0.25, -0.2) is 0 Å². The van der Waals surface area contributed by atoms with E-state index in [0.29, 0.717) is 6.41 Å². The van der Waals surface area contributed by atoms with Crippen LogP contribution in [-0.4, -0.2) is 32.6 Å². The van der Waals surface area contributed by atoms with Crippen molar-refractivity contribution in [2.75, 3.05) is 21.1 Å². The summed E-state index contributed by atoms with van der Waals surface area (Å²) in [6.07, 6.45) is 0.625. The number of hydrogen-bond donors (Lipinski definition) is 1. The van der Waals surface area contributed by atoms with E-state index < -0.39 is 0 Å². The lowest BCUT2D eigenvalue weighted by molar-refractivity contribution is -0.109. The maximum atomic E-state index is 9.18. The molecule has 0 radical (unpaired) electrons. The van der Waals surface area contributed by atoms with Gasteiger partial charge in [-0.3, -0.25) is 9.80 Å². The summed E-state index contributed by atoms with van der Waals surface area (Å²) in [6, 6.07) is 0. The van der Waals surface area contributed by atoms with Crippen molar-refractivity contribution in [3.8, 4) is 0 Å². The number of halogens is 6. The summed E-state index contributed by atoms with van der Waals surface area (Å²) in [4.78, 5) is 18.2. The van der Waals surface area contributed by atoms with Crippen LogP contribution < -0.4 is 5.32 Å². The second kappa shape index (κ2) is 12.4. The number of amides is 1. The Bertz CT molecular complexity index is 379. The van der Waals surface area contributed by atoms with Crippen molar-refractivity contribution < 1.29 is 4.79 Å². The minimum absolute atomic E-state index is 0.109. The van der Waals surface area contributed by atoms with Crippen molar-refractivity contribution in [2.45, 2.75) is 0 Å². The Morgan fingerprint density at radius 1 is 0.857 bits per heavy atom. The third kappa shape index (κ3) is 8.76. The van der Waals surface area contributed by atoms with Gasteiger partial charge < -0.3 is 5.32 Å². The Balaban J connectivity index is 0. The fourth-order valence-electron chi connectivity index (χ4n) is 0.578. The molecule has 1 amide bonds. The maximum Gasteiger partial charge on any atom is 0.206 e. The number of nitrogens with one attached hydrogen (secondary N) is 1. The number of carbonyl (C=O) groups excluding carboxylic acids is 1. The maximum absolute atomic E-state index is 9.18. The highest BCUT2D eigenvalue weighted by Crippen LogP contribution is 2.45. The Hall–Kier alpha value is -0.170. The van der Waals surface area contributed by atoms with Gasteiger partial charge in [-0.2, -0.15) is 0 Å². The first-order valence-electron chi connectivity index (χ1n) is 4.94. The molecule has 21 heavy (non-hydrogen) atoms. The largest absolute Gasteiger partial charge is 0.362 e. The molecule has 0 spiro atoms. The fourth-order valence-corrected chi connectivity index (χ4v) is 2.00. The molecule has 1 rings (SSSR count). The van der Waals surface area contributed by atoms with Crippen molar-refractivity contribution in [2.24, 2.45) is 5.29 Å². The van der Waals surface area contributed by atoms with Crippen LogP contribution in [-0.2, 0) is 4.79 Å². The Kier molecular flexibility index (Phi) is 13.6. The number of carbonyl (C=O) groups is 1. The molecule has 11 heteroatoms. The molecule has 0 saturated carbocycles. The van der Waals surface area contributed by atoms with Crippen molar-refractivity contribution >= 4 is 76.0 Å². The van der Waals surface area contributed by atoms with Crippen LogP contribution in [0.1, 0.15) is 0 Å². The molecule has 0 unspecified atom stereocenters. The van der Waals surface area contributed by atoms with Gasteiger partial charge in [-0.15, -0.1) is 4.91 Å². The first-order chi connectivity index (χ1) is 9.65. The molecule has 0 heterocycles. The molecule has 120 valence electrons. The van der Waals surface area contributed by atoms with E-state index in [1.807, 2.05) is 0 Å².